The van der Waals surface area contributed by atoms with E-state index in [1.54, 1.807) is 37.3 Å². The van der Waals surface area contributed by atoms with Gasteiger partial charge in [-0.15, -0.1) is 5.10 Å². The van der Waals surface area contributed by atoms with Gasteiger partial charge in [-0.1, -0.05) is 46.6 Å². The number of phenolic OH excluding ortho intramolecular Hbond substituents is 1. The Kier molecular flexibility index (Phi) is 5.75. The Balaban J connectivity index is 1.74. The monoisotopic (exact) mass is 472 g/mol. The fourth-order valence-corrected chi connectivity index (χ4v) is 3.10. The van der Waals surface area contributed by atoms with Crippen LogP contribution in [0.25, 0.3) is 17.1 Å². The summed E-state index contributed by atoms with van der Waals surface area (Å²) in [6.45, 7) is 1.67. The summed E-state index contributed by atoms with van der Waals surface area (Å²) in [5.41, 5.74) is 9.90. The van der Waals surface area contributed by atoms with E-state index < -0.39 is 5.91 Å². The van der Waals surface area contributed by atoms with E-state index in [2.05, 4.69) is 35.8 Å². The van der Waals surface area contributed by atoms with Gasteiger partial charge in [-0.25, -0.2) is 10.1 Å². The number of amides is 1. The first kappa shape index (κ1) is 21.3. The lowest BCUT2D eigenvalue weighted by molar-refractivity contribution is 0.0950. The van der Waals surface area contributed by atoms with Crippen LogP contribution in [-0.2, 0) is 0 Å². The second-order valence-corrected chi connectivity index (χ2v) is 7.30. The van der Waals surface area contributed by atoms with Crippen LogP contribution in [0.1, 0.15) is 23.0 Å². The minimum absolute atomic E-state index is 0.0389. The summed E-state index contributed by atoms with van der Waals surface area (Å²) < 4.78 is 5.84. The van der Waals surface area contributed by atoms with Gasteiger partial charge in [0.2, 0.25) is 11.6 Å². The molecule has 2 heterocycles. The molecule has 13 heteroatoms. The minimum Gasteiger partial charge on any atom is -0.508 e. The second kappa shape index (κ2) is 8.65. The van der Waals surface area contributed by atoms with E-state index in [-0.39, 0.29) is 33.8 Å². The zero-order valence-corrected chi connectivity index (χ0v) is 17.8. The van der Waals surface area contributed by atoms with Gasteiger partial charge in [0.05, 0.1) is 15.8 Å². The van der Waals surface area contributed by atoms with Gasteiger partial charge in [0.25, 0.3) is 5.91 Å². The molecule has 32 heavy (non-hydrogen) atoms. The Hall–Kier alpha value is -3.96. The number of hydrogen-bond donors (Lipinski definition) is 3. The van der Waals surface area contributed by atoms with E-state index in [0.29, 0.717) is 21.9 Å². The maximum absolute atomic E-state index is 12.9. The number of aromatic nitrogens is 5. The number of carbonyl (C=O) groups excluding carboxylic acids is 1. The lowest BCUT2D eigenvalue weighted by Gasteiger charge is -2.07. The quantitative estimate of drug-likeness (QED) is 0.295. The molecule has 0 aliphatic carbocycles. The van der Waals surface area contributed by atoms with Crippen LogP contribution in [0.2, 0.25) is 10.0 Å². The Labute approximate surface area is 190 Å². The van der Waals surface area contributed by atoms with Crippen LogP contribution in [0.15, 0.2) is 52.2 Å². The van der Waals surface area contributed by atoms with Gasteiger partial charge in [-0.05, 0) is 41.5 Å². The van der Waals surface area contributed by atoms with Gasteiger partial charge >= 0.3 is 0 Å². The van der Waals surface area contributed by atoms with Crippen molar-refractivity contribution < 1.29 is 14.5 Å². The van der Waals surface area contributed by atoms with Crippen molar-refractivity contribution in [2.24, 2.45) is 5.10 Å². The molecule has 0 unspecified atom stereocenters. The number of nitrogens with zero attached hydrogens (tertiary/aromatic N) is 6. The fourth-order valence-electron chi connectivity index (χ4n) is 2.81. The predicted molar refractivity (Wildman–Crippen MR) is 117 cm³/mol. The largest absolute Gasteiger partial charge is 0.508 e. The van der Waals surface area contributed by atoms with Crippen molar-refractivity contribution >= 4 is 40.6 Å². The number of rotatable bonds is 5. The maximum atomic E-state index is 12.9. The Bertz CT molecular complexity index is 1350. The molecule has 0 aliphatic heterocycles. The number of benzene rings is 2. The number of nitrogens with one attached hydrogen (secondary N) is 1. The summed E-state index contributed by atoms with van der Waals surface area (Å²) in [7, 11) is 0. The second-order valence-electron chi connectivity index (χ2n) is 6.49. The number of hydrazone groups is 1. The molecule has 1 amide bonds. The van der Waals surface area contributed by atoms with Crippen molar-refractivity contribution in [3.8, 4) is 22.8 Å². The molecule has 0 aliphatic rings. The summed E-state index contributed by atoms with van der Waals surface area (Å²) in [4.78, 5) is 12.9. The molecule has 0 saturated heterocycles. The number of halogens is 2. The molecule has 4 rings (SSSR count). The van der Waals surface area contributed by atoms with Gasteiger partial charge in [0, 0.05) is 11.1 Å². The molecule has 0 radical (unpaired) electrons. The summed E-state index contributed by atoms with van der Waals surface area (Å²) in [6, 6.07) is 11.2. The topological polar surface area (TPSA) is 157 Å². The van der Waals surface area contributed by atoms with Gasteiger partial charge < -0.3 is 10.8 Å². The van der Waals surface area contributed by atoms with Crippen LogP contribution in [-0.4, -0.2) is 42.0 Å². The molecule has 162 valence electrons. The van der Waals surface area contributed by atoms with Crippen molar-refractivity contribution in [1.82, 2.24) is 30.7 Å². The summed E-state index contributed by atoms with van der Waals surface area (Å²) >= 11 is 12.2. The lowest BCUT2D eigenvalue weighted by atomic mass is 10.1. The molecule has 4 aromatic rings. The van der Waals surface area contributed by atoms with Crippen LogP contribution in [0.5, 0.6) is 5.75 Å². The van der Waals surface area contributed by atoms with Crippen LogP contribution in [0, 0.1) is 0 Å². The standard InChI is InChI=1S/C19H14Cl2N8O3/c1-9(10-3-2-4-12(30)7-10)23-25-19(31)15-16(11-5-6-13(20)14(21)8-11)29(28-24-15)18-17(22)26-32-27-18/h2-8,30H,1H3,(H2,22,26)(H,25,31)/b23-9+. The molecule has 11 nitrogen and oxygen atoms in total. The Morgan fingerprint density at radius 2 is 2.00 bits per heavy atom. The van der Waals surface area contributed by atoms with E-state index >= 15 is 0 Å². The molecule has 0 atom stereocenters. The number of nitrogen functional groups attached to an aromatic ring is 1. The Morgan fingerprint density at radius 1 is 1.19 bits per heavy atom. The summed E-state index contributed by atoms with van der Waals surface area (Å²) in [5.74, 6) is -0.600. The van der Waals surface area contributed by atoms with Crippen molar-refractivity contribution in [2.75, 3.05) is 5.73 Å². The van der Waals surface area contributed by atoms with E-state index in [0.717, 1.165) is 0 Å². The number of aromatic hydroxyl groups is 1. The third-order valence-corrected chi connectivity index (χ3v) is 5.10. The highest BCUT2D eigenvalue weighted by atomic mass is 35.5. The third kappa shape index (κ3) is 4.11. The van der Waals surface area contributed by atoms with Crippen molar-refractivity contribution in [3.05, 3.63) is 63.8 Å². The first-order valence-electron chi connectivity index (χ1n) is 8.98. The highest BCUT2D eigenvalue weighted by molar-refractivity contribution is 6.42. The fraction of sp³-hybridized carbons (Fsp3) is 0.0526. The van der Waals surface area contributed by atoms with Gasteiger partial charge in [0.1, 0.15) is 11.4 Å². The average molecular weight is 473 g/mol. The van der Waals surface area contributed by atoms with E-state index in [1.807, 2.05) is 0 Å². The SMILES string of the molecule is C/C(=N\NC(=O)c1nnn(-c2nonc2N)c1-c1ccc(Cl)c(Cl)c1)c1cccc(O)c1. The normalized spacial score (nSPS) is 11.5. The molecule has 0 saturated carbocycles. The van der Waals surface area contributed by atoms with Gasteiger partial charge in [0.15, 0.2) is 5.69 Å². The number of phenols is 1. The molecular formula is C19H14Cl2N8O3. The smallest absolute Gasteiger partial charge is 0.294 e. The molecule has 0 fully saturated rings. The highest BCUT2D eigenvalue weighted by Gasteiger charge is 2.25. The molecule has 4 N–H and O–H groups in total. The van der Waals surface area contributed by atoms with E-state index in [9.17, 15) is 9.90 Å². The van der Waals surface area contributed by atoms with Crippen LogP contribution < -0.4 is 11.2 Å². The number of anilines is 1. The first-order valence-corrected chi connectivity index (χ1v) is 9.74. The van der Waals surface area contributed by atoms with E-state index in [1.165, 1.54) is 16.8 Å². The van der Waals surface area contributed by atoms with Crippen LogP contribution in [0.3, 0.4) is 0 Å². The molecule has 2 aromatic heterocycles. The van der Waals surface area contributed by atoms with Crippen LogP contribution in [0.4, 0.5) is 5.82 Å². The summed E-state index contributed by atoms with van der Waals surface area (Å²) in [5, 5.41) is 29.5. The molecular weight excluding hydrogens is 459 g/mol. The molecule has 2 aromatic carbocycles. The lowest BCUT2D eigenvalue weighted by Crippen LogP contribution is -2.21. The highest BCUT2D eigenvalue weighted by Crippen LogP contribution is 2.31. The van der Waals surface area contributed by atoms with Crippen LogP contribution >= 0.6 is 23.2 Å². The number of nitrogens with two attached hydrogens (primary N) is 1. The zero-order valence-electron chi connectivity index (χ0n) is 16.3. The summed E-state index contributed by atoms with van der Waals surface area (Å²) in [6.07, 6.45) is 0. The van der Waals surface area contributed by atoms with Gasteiger partial charge in [-0.2, -0.15) is 9.78 Å². The average Bonchev–Trinajstić information content (AvgIpc) is 3.39. The minimum atomic E-state index is -0.660. The molecule has 0 bridgehead atoms. The number of carbonyl (C=O) groups is 1. The zero-order chi connectivity index (χ0) is 22.8. The molecule has 0 spiro atoms. The third-order valence-electron chi connectivity index (χ3n) is 4.36. The van der Waals surface area contributed by atoms with Crippen molar-refractivity contribution in [2.45, 2.75) is 6.92 Å². The van der Waals surface area contributed by atoms with Crippen molar-refractivity contribution in [1.29, 1.82) is 0 Å². The first-order chi connectivity index (χ1) is 15.3. The Morgan fingerprint density at radius 3 is 2.69 bits per heavy atom. The van der Waals surface area contributed by atoms with Gasteiger partial charge in [-0.3, -0.25) is 4.79 Å². The predicted octanol–water partition coefficient (Wildman–Crippen LogP) is 3.07. The van der Waals surface area contributed by atoms with E-state index in [4.69, 9.17) is 28.9 Å². The van der Waals surface area contributed by atoms with Crippen molar-refractivity contribution in [3.63, 3.8) is 0 Å². The maximum Gasteiger partial charge on any atom is 0.294 e. The number of hydrogen-bond acceptors (Lipinski definition) is 9.